The van der Waals surface area contributed by atoms with Crippen molar-refractivity contribution < 1.29 is 32.9 Å². The molecular weight excluding hydrogens is 575 g/mol. The van der Waals surface area contributed by atoms with Crippen LogP contribution in [0.15, 0.2) is 72.9 Å². The van der Waals surface area contributed by atoms with E-state index in [-0.39, 0.29) is 18.9 Å². The molecule has 1 amide bonds. The first kappa shape index (κ1) is 41.9. The molecule has 252 valence electrons. The van der Waals surface area contributed by atoms with Crippen LogP contribution < -0.4 is 10.2 Å². The van der Waals surface area contributed by atoms with E-state index in [1.807, 2.05) is 27.2 Å². The van der Waals surface area contributed by atoms with E-state index in [0.29, 0.717) is 17.4 Å². The number of phosphoric ester groups is 1. The Hall–Kier alpha value is -2.06. The van der Waals surface area contributed by atoms with Crippen molar-refractivity contribution in [3.05, 3.63) is 72.9 Å². The van der Waals surface area contributed by atoms with Gasteiger partial charge in [0.2, 0.25) is 5.91 Å². The zero-order valence-electron chi connectivity index (χ0n) is 28.1. The molecule has 0 aliphatic rings. The number of rotatable bonds is 27. The van der Waals surface area contributed by atoms with E-state index in [9.17, 15) is 19.4 Å². The molecule has 0 aliphatic heterocycles. The van der Waals surface area contributed by atoms with E-state index in [2.05, 4.69) is 79.9 Å². The van der Waals surface area contributed by atoms with Gasteiger partial charge in [0.25, 0.3) is 7.82 Å². The predicted molar refractivity (Wildman–Crippen MR) is 182 cm³/mol. The predicted octanol–water partition coefficient (Wildman–Crippen LogP) is 7.10. The fraction of sp³-hybridized carbons (Fsp3) is 0.629. The molecule has 0 fully saturated rings. The number of quaternary nitrogens is 1. The lowest BCUT2D eigenvalue weighted by molar-refractivity contribution is -0.870. The minimum absolute atomic E-state index is 0.0193. The molecule has 0 radical (unpaired) electrons. The van der Waals surface area contributed by atoms with Crippen LogP contribution >= 0.6 is 7.82 Å². The average Bonchev–Trinajstić information content (AvgIpc) is 2.95. The van der Waals surface area contributed by atoms with Crippen molar-refractivity contribution in [1.29, 1.82) is 0 Å². The molecule has 8 nitrogen and oxygen atoms in total. The van der Waals surface area contributed by atoms with E-state index in [0.717, 1.165) is 64.2 Å². The summed E-state index contributed by atoms with van der Waals surface area (Å²) in [5.41, 5.74) is 0. The molecular formula is C35H61N2O6P. The van der Waals surface area contributed by atoms with E-state index >= 15 is 0 Å². The normalized spacial score (nSPS) is 15.9. The summed E-state index contributed by atoms with van der Waals surface area (Å²) < 4.78 is 22.9. The van der Waals surface area contributed by atoms with Crippen LogP contribution in [0.5, 0.6) is 0 Å². The largest absolute Gasteiger partial charge is 0.756 e. The van der Waals surface area contributed by atoms with Crippen LogP contribution in [0.1, 0.15) is 90.9 Å². The quantitative estimate of drug-likeness (QED) is 0.0431. The molecule has 3 unspecified atom stereocenters. The number of nitrogens with zero attached hydrogens (tertiary/aromatic N) is 1. The van der Waals surface area contributed by atoms with Gasteiger partial charge in [-0.25, -0.2) is 0 Å². The second-order valence-corrected chi connectivity index (χ2v) is 13.2. The number of amides is 1. The summed E-state index contributed by atoms with van der Waals surface area (Å²) in [6, 6.07) is -0.923. The Balaban J connectivity index is 4.67. The number of hydrogen-bond donors (Lipinski definition) is 2. The maximum Gasteiger partial charge on any atom is 0.268 e. The van der Waals surface area contributed by atoms with Crippen molar-refractivity contribution in [1.82, 2.24) is 5.32 Å². The monoisotopic (exact) mass is 636 g/mol. The Morgan fingerprint density at radius 2 is 1.39 bits per heavy atom. The smallest absolute Gasteiger partial charge is 0.268 e. The molecule has 0 aliphatic carbocycles. The molecule has 2 N–H and O–H groups in total. The number of carbonyl (C=O) groups excluding carboxylic acids is 1. The van der Waals surface area contributed by atoms with E-state index < -0.39 is 26.6 Å². The Morgan fingerprint density at radius 1 is 0.818 bits per heavy atom. The standard InChI is InChI=1S/C35H61N2O6P/c1-6-8-10-12-14-15-16-17-18-19-20-21-23-25-27-29-35(39)36-33(34(38)28-26-24-22-13-11-9-7-2)32-43-44(40,41)42-31-30-37(3,4)5/h8,10-11,13-15,17-18,20-21,26,28,33-34,38H,6-7,9,12,16,19,22-25,27,29-32H2,1-5H3,(H-,36,39,40,41)/b10-8-,13-11+,15-14-,18-17-,21-20-,28-26+. The fourth-order valence-electron chi connectivity index (χ4n) is 3.75. The number of hydrogen-bond acceptors (Lipinski definition) is 6. The third kappa shape index (κ3) is 28.7. The number of aliphatic hydroxyl groups is 1. The Bertz CT molecular complexity index is 949. The van der Waals surface area contributed by atoms with Gasteiger partial charge in [0.15, 0.2) is 0 Å². The van der Waals surface area contributed by atoms with Gasteiger partial charge in [0.1, 0.15) is 13.2 Å². The summed E-state index contributed by atoms with van der Waals surface area (Å²) in [6.07, 6.45) is 34.1. The first-order valence-corrected chi connectivity index (χ1v) is 17.8. The third-order valence-electron chi connectivity index (χ3n) is 6.38. The van der Waals surface area contributed by atoms with Crippen molar-refractivity contribution in [2.24, 2.45) is 0 Å². The highest BCUT2D eigenvalue weighted by molar-refractivity contribution is 7.45. The van der Waals surface area contributed by atoms with E-state index in [1.54, 1.807) is 6.08 Å². The minimum Gasteiger partial charge on any atom is -0.756 e. The molecule has 3 atom stereocenters. The number of likely N-dealkylation sites (N-methyl/N-ethyl adjacent to an activating group) is 1. The van der Waals surface area contributed by atoms with Crippen LogP contribution in [0.2, 0.25) is 0 Å². The lowest BCUT2D eigenvalue weighted by Crippen LogP contribution is -2.45. The summed E-state index contributed by atoms with van der Waals surface area (Å²) in [6.45, 7) is 4.30. The minimum atomic E-state index is -4.59. The second kappa shape index (κ2) is 27.3. The lowest BCUT2D eigenvalue weighted by atomic mass is 10.1. The molecule has 0 saturated heterocycles. The van der Waals surface area contributed by atoms with Gasteiger partial charge in [-0.15, -0.1) is 0 Å². The zero-order chi connectivity index (χ0) is 32.9. The average molecular weight is 637 g/mol. The number of carbonyl (C=O) groups is 1. The third-order valence-corrected chi connectivity index (χ3v) is 7.35. The topological polar surface area (TPSA) is 108 Å². The second-order valence-electron chi connectivity index (χ2n) is 11.8. The van der Waals surface area contributed by atoms with Crippen LogP contribution in [0.4, 0.5) is 0 Å². The number of phosphoric acid groups is 1. The van der Waals surface area contributed by atoms with Crippen LogP contribution in [0.3, 0.4) is 0 Å². The van der Waals surface area contributed by atoms with Gasteiger partial charge < -0.3 is 28.8 Å². The number of nitrogens with one attached hydrogen (secondary N) is 1. The number of aliphatic hydroxyl groups excluding tert-OH is 1. The van der Waals surface area contributed by atoms with Gasteiger partial charge in [0.05, 0.1) is 39.9 Å². The fourth-order valence-corrected chi connectivity index (χ4v) is 4.47. The highest BCUT2D eigenvalue weighted by Crippen LogP contribution is 2.38. The van der Waals surface area contributed by atoms with E-state index in [4.69, 9.17) is 9.05 Å². The highest BCUT2D eigenvalue weighted by atomic mass is 31.2. The SMILES string of the molecule is CC/C=C\C/C=C\C/C=C\C/C=C\CCCCC(=O)NC(COP(=O)([O-])OCC[N+](C)(C)C)C(O)/C=C/CC/C=C/CCC. The van der Waals surface area contributed by atoms with Crippen molar-refractivity contribution in [3.63, 3.8) is 0 Å². The lowest BCUT2D eigenvalue weighted by Gasteiger charge is -2.29. The summed E-state index contributed by atoms with van der Waals surface area (Å²) in [5.74, 6) is -0.259. The van der Waals surface area contributed by atoms with Crippen molar-refractivity contribution in [2.45, 2.75) is 103 Å². The van der Waals surface area contributed by atoms with Gasteiger partial charge in [-0.3, -0.25) is 9.36 Å². The Labute approximate surface area is 268 Å². The molecule has 0 aromatic rings. The summed E-state index contributed by atoms with van der Waals surface area (Å²) >= 11 is 0. The number of unbranched alkanes of at least 4 members (excludes halogenated alkanes) is 4. The molecule has 0 spiro atoms. The molecule has 0 saturated carbocycles. The van der Waals surface area contributed by atoms with E-state index in [1.165, 1.54) is 0 Å². The summed E-state index contributed by atoms with van der Waals surface area (Å²) in [4.78, 5) is 24.9. The van der Waals surface area contributed by atoms with Crippen LogP contribution in [-0.4, -0.2) is 68.5 Å². The van der Waals surface area contributed by atoms with Gasteiger partial charge in [-0.2, -0.15) is 0 Å². The Morgan fingerprint density at radius 3 is 2.00 bits per heavy atom. The maximum atomic E-state index is 12.6. The van der Waals surface area contributed by atoms with Gasteiger partial charge in [-0.05, 0) is 64.2 Å². The van der Waals surface area contributed by atoms with Gasteiger partial charge in [-0.1, -0.05) is 93.2 Å². The van der Waals surface area contributed by atoms with Crippen LogP contribution in [0.25, 0.3) is 0 Å². The zero-order valence-corrected chi connectivity index (χ0v) is 29.0. The Kier molecular flexibility index (Phi) is 26.0. The van der Waals surface area contributed by atoms with Crippen molar-refractivity contribution in [3.8, 4) is 0 Å². The highest BCUT2D eigenvalue weighted by Gasteiger charge is 2.23. The first-order chi connectivity index (χ1) is 21.0. The molecule has 44 heavy (non-hydrogen) atoms. The summed E-state index contributed by atoms with van der Waals surface area (Å²) in [7, 11) is 1.19. The molecule has 0 aromatic heterocycles. The maximum absolute atomic E-state index is 12.6. The molecule has 9 heteroatoms. The first-order valence-electron chi connectivity index (χ1n) is 16.3. The van der Waals surface area contributed by atoms with Crippen molar-refractivity contribution in [2.75, 3.05) is 40.9 Å². The number of allylic oxidation sites excluding steroid dienone is 11. The molecule has 0 rings (SSSR count). The molecule has 0 aromatic carbocycles. The van der Waals surface area contributed by atoms with Gasteiger partial charge >= 0.3 is 0 Å². The van der Waals surface area contributed by atoms with Gasteiger partial charge in [0, 0.05) is 6.42 Å². The molecule has 0 heterocycles. The van der Waals surface area contributed by atoms with Crippen LogP contribution in [-0.2, 0) is 18.4 Å². The van der Waals surface area contributed by atoms with Crippen molar-refractivity contribution >= 4 is 13.7 Å². The van der Waals surface area contributed by atoms with Crippen LogP contribution in [0, 0.1) is 0 Å². The summed E-state index contributed by atoms with van der Waals surface area (Å²) in [5, 5.41) is 13.5. The molecule has 0 bridgehead atoms.